The van der Waals surface area contributed by atoms with Gasteiger partial charge in [-0.25, -0.2) is 0 Å². The molecule has 1 aromatic heterocycles. The van der Waals surface area contributed by atoms with E-state index in [0.717, 1.165) is 44.1 Å². The minimum atomic E-state index is -0.295. The third-order valence-corrected chi connectivity index (χ3v) is 4.58. The summed E-state index contributed by atoms with van der Waals surface area (Å²) in [6, 6.07) is 0. The lowest BCUT2D eigenvalue weighted by Gasteiger charge is -2.34. The largest absolute Gasteiger partial charge is 0.367 e. The minimum Gasteiger partial charge on any atom is -0.367 e. The SMILES string of the molecule is CCOC1(c2noc([C@H]3CCCNC3)n2)CCCCC1. The zero-order valence-electron chi connectivity index (χ0n) is 12.4. The van der Waals surface area contributed by atoms with Crippen LogP contribution >= 0.6 is 0 Å². The van der Waals surface area contributed by atoms with Gasteiger partial charge in [0.2, 0.25) is 11.7 Å². The van der Waals surface area contributed by atoms with Crippen LogP contribution in [0.2, 0.25) is 0 Å². The molecule has 112 valence electrons. The van der Waals surface area contributed by atoms with Gasteiger partial charge in [0.25, 0.3) is 0 Å². The van der Waals surface area contributed by atoms with Crippen molar-refractivity contribution >= 4 is 0 Å². The van der Waals surface area contributed by atoms with Crippen molar-refractivity contribution in [3.63, 3.8) is 0 Å². The van der Waals surface area contributed by atoms with E-state index in [0.29, 0.717) is 12.5 Å². The Morgan fingerprint density at radius 3 is 2.85 bits per heavy atom. The number of hydrogen-bond acceptors (Lipinski definition) is 5. The van der Waals surface area contributed by atoms with Crippen molar-refractivity contribution in [2.24, 2.45) is 0 Å². The second kappa shape index (κ2) is 6.22. The first-order valence-corrected chi connectivity index (χ1v) is 8.03. The molecule has 0 radical (unpaired) electrons. The van der Waals surface area contributed by atoms with Gasteiger partial charge in [-0.2, -0.15) is 4.98 Å². The minimum absolute atomic E-state index is 0.295. The molecular formula is C15H25N3O2. The molecule has 0 bridgehead atoms. The van der Waals surface area contributed by atoms with Crippen molar-refractivity contribution in [2.45, 2.75) is 63.4 Å². The highest BCUT2D eigenvalue weighted by molar-refractivity contribution is 5.06. The Kier molecular flexibility index (Phi) is 4.36. The molecule has 0 spiro atoms. The van der Waals surface area contributed by atoms with Crippen LogP contribution in [0.15, 0.2) is 4.52 Å². The molecule has 1 saturated heterocycles. The van der Waals surface area contributed by atoms with E-state index < -0.39 is 0 Å². The van der Waals surface area contributed by atoms with E-state index >= 15 is 0 Å². The first kappa shape index (κ1) is 14.0. The summed E-state index contributed by atoms with van der Waals surface area (Å²) in [5, 5.41) is 7.66. The molecule has 1 aliphatic heterocycles. The molecule has 2 heterocycles. The summed E-state index contributed by atoms with van der Waals surface area (Å²) >= 11 is 0. The fraction of sp³-hybridized carbons (Fsp3) is 0.867. The van der Waals surface area contributed by atoms with Gasteiger partial charge in [0.15, 0.2) is 0 Å². The maximum Gasteiger partial charge on any atom is 0.231 e. The Balaban J connectivity index is 1.79. The van der Waals surface area contributed by atoms with Gasteiger partial charge in [0, 0.05) is 13.2 Å². The number of piperidine rings is 1. The molecule has 1 atom stereocenters. The molecular weight excluding hydrogens is 254 g/mol. The molecule has 0 amide bonds. The second-order valence-corrected chi connectivity index (χ2v) is 5.99. The van der Waals surface area contributed by atoms with Gasteiger partial charge in [-0.3, -0.25) is 0 Å². The summed E-state index contributed by atoms with van der Waals surface area (Å²) in [5.74, 6) is 1.93. The zero-order chi connectivity index (χ0) is 13.8. The molecule has 0 unspecified atom stereocenters. The van der Waals surface area contributed by atoms with Crippen LogP contribution in [0.4, 0.5) is 0 Å². The molecule has 5 nitrogen and oxygen atoms in total. The average molecular weight is 279 g/mol. The van der Waals surface area contributed by atoms with Gasteiger partial charge >= 0.3 is 0 Å². The van der Waals surface area contributed by atoms with E-state index in [1.54, 1.807) is 0 Å². The molecule has 1 N–H and O–H groups in total. The summed E-state index contributed by atoms with van der Waals surface area (Å²) < 4.78 is 11.6. The standard InChI is InChI=1S/C15H25N3O2/c1-2-19-15(8-4-3-5-9-15)14-17-13(20-18-14)12-7-6-10-16-11-12/h12,16H,2-11H2,1H3/t12-/m0/s1. The quantitative estimate of drug-likeness (QED) is 0.918. The van der Waals surface area contributed by atoms with Crippen molar-refractivity contribution in [3.05, 3.63) is 11.7 Å². The van der Waals surface area contributed by atoms with Crippen molar-refractivity contribution < 1.29 is 9.26 Å². The number of aromatic nitrogens is 2. The predicted molar refractivity (Wildman–Crippen MR) is 75.5 cm³/mol. The predicted octanol–water partition coefficient (Wildman–Crippen LogP) is 2.73. The normalized spacial score (nSPS) is 26.6. The lowest BCUT2D eigenvalue weighted by atomic mass is 9.84. The fourth-order valence-electron chi connectivity index (χ4n) is 3.48. The monoisotopic (exact) mass is 279 g/mol. The third kappa shape index (κ3) is 2.74. The Labute approximate surface area is 120 Å². The number of rotatable bonds is 4. The Morgan fingerprint density at radius 2 is 2.15 bits per heavy atom. The first-order valence-electron chi connectivity index (χ1n) is 8.03. The molecule has 1 saturated carbocycles. The third-order valence-electron chi connectivity index (χ3n) is 4.58. The second-order valence-electron chi connectivity index (χ2n) is 5.99. The highest BCUT2D eigenvalue weighted by Crippen LogP contribution is 2.39. The van der Waals surface area contributed by atoms with Gasteiger partial charge in [-0.15, -0.1) is 0 Å². The lowest BCUT2D eigenvalue weighted by Crippen LogP contribution is -2.34. The topological polar surface area (TPSA) is 60.2 Å². The Hall–Kier alpha value is -0.940. The molecule has 1 aromatic rings. The molecule has 2 aliphatic rings. The van der Waals surface area contributed by atoms with Crippen LogP contribution in [0.5, 0.6) is 0 Å². The molecule has 5 heteroatoms. The van der Waals surface area contributed by atoms with Crippen molar-refractivity contribution in [3.8, 4) is 0 Å². The summed E-state index contributed by atoms with van der Waals surface area (Å²) in [6.45, 7) is 4.79. The van der Waals surface area contributed by atoms with Crippen LogP contribution in [0, 0.1) is 0 Å². The molecule has 0 aromatic carbocycles. The van der Waals surface area contributed by atoms with E-state index in [4.69, 9.17) is 14.2 Å². The van der Waals surface area contributed by atoms with Gasteiger partial charge < -0.3 is 14.6 Å². The first-order chi connectivity index (χ1) is 9.84. The number of nitrogens with zero attached hydrogens (tertiary/aromatic N) is 2. The van der Waals surface area contributed by atoms with E-state index in [2.05, 4.69) is 10.5 Å². The van der Waals surface area contributed by atoms with E-state index in [9.17, 15) is 0 Å². The summed E-state index contributed by atoms with van der Waals surface area (Å²) in [4.78, 5) is 4.71. The summed E-state index contributed by atoms with van der Waals surface area (Å²) in [7, 11) is 0. The molecule has 20 heavy (non-hydrogen) atoms. The van der Waals surface area contributed by atoms with Crippen LogP contribution in [0.1, 0.15) is 69.5 Å². The van der Waals surface area contributed by atoms with Crippen LogP contribution < -0.4 is 5.32 Å². The van der Waals surface area contributed by atoms with E-state index in [1.165, 1.54) is 25.7 Å². The molecule has 2 fully saturated rings. The Morgan fingerprint density at radius 1 is 1.30 bits per heavy atom. The lowest BCUT2D eigenvalue weighted by molar-refractivity contribution is -0.0777. The zero-order valence-corrected chi connectivity index (χ0v) is 12.4. The fourth-order valence-corrected chi connectivity index (χ4v) is 3.48. The number of ether oxygens (including phenoxy) is 1. The summed E-state index contributed by atoms with van der Waals surface area (Å²) in [6.07, 6.45) is 8.01. The van der Waals surface area contributed by atoms with Crippen molar-refractivity contribution in [1.82, 2.24) is 15.5 Å². The molecule has 3 rings (SSSR count). The van der Waals surface area contributed by atoms with Crippen LogP contribution in [0.3, 0.4) is 0 Å². The average Bonchev–Trinajstić information content (AvgIpc) is 3.00. The Bertz CT molecular complexity index is 415. The van der Waals surface area contributed by atoms with E-state index in [-0.39, 0.29) is 5.60 Å². The number of hydrogen-bond donors (Lipinski definition) is 1. The van der Waals surface area contributed by atoms with Crippen LogP contribution in [-0.4, -0.2) is 29.8 Å². The van der Waals surface area contributed by atoms with Gasteiger partial charge in [-0.05, 0) is 39.2 Å². The van der Waals surface area contributed by atoms with Gasteiger partial charge in [0.1, 0.15) is 5.60 Å². The smallest absolute Gasteiger partial charge is 0.231 e. The maximum absolute atomic E-state index is 6.06. The number of nitrogens with one attached hydrogen (secondary N) is 1. The van der Waals surface area contributed by atoms with Crippen LogP contribution in [-0.2, 0) is 10.3 Å². The van der Waals surface area contributed by atoms with Crippen molar-refractivity contribution in [1.29, 1.82) is 0 Å². The maximum atomic E-state index is 6.06. The van der Waals surface area contributed by atoms with Crippen LogP contribution in [0.25, 0.3) is 0 Å². The van der Waals surface area contributed by atoms with Gasteiger partial charge in [-0.1, -0.05) is 24.4 Å². The summed E-state index contributed by atoms with van der Waals surface area (Å²) in [5.41, 5.74) is -0.295. The van der Waals surface area contributed by atoms with Crippen molar-refractivity contribution in [2.75, 3.05) is 19.7 Å². The van der Waals surface area contributed by atoms with E-state index in [1.807, 2.05) is 6.92 Å². The highest BCUT2D eigenvalue weighted by atomic mass is 16.5. The molecule has 1 aliphatic carbocycles. The van der Waals surface area contributed by atoms with Gasteiger partial charge in [0.05, 0.1) is 5.92 Å². The highest BCUT2D eigenvalue weighted by Gasteiger charge is 2.39.